The molecular formula is C17H24N2O. The summed E-state index contributed by atoms with van der Waals surface area (Å²) in [5, 5.41) is 7.52. The normalized spacial score (nSPS) is 12.1. The first-order valence-electron chi connectivity index (χ1n) is 7.16. The Morgan fingerprint density at radius 2 is 1.80 bits per heavy atom. The van der Waals surface area contributed by atoms with E-state index in [0.717, 1.165) is 23.6 Å². The van der Waals surface area contributed by atoms with E-state index in [1.165, 1.54) is 5.56 Å². The Kier molecular flexibility index (Phi) is 4.29. The van der Waals surface area contributed by atoms with Crippen molar-refractivity contribution in [1.82, 2.24) is 10.5 Å². The number of aromatic nitrogens is 1. The summed E-state index contributed by atoms with van der Waals surface area (Å²) in [7, 11) is 0. The van der Waals surface area contributed by atoms with Gasteiger partial charge < -0.3 is 9.84 Å². The highest BCUT2D eigenvalue weighted by Crippen LogP contribution is 2.23. The van der Waals surface area contributed by atoms with E-state index in [9.17, 15) is 0 Å². The van der Waals surface area contributed by atoms with Crippen LogP contribution in [0.4, 0.5) is 0 Å². The smallest absolute Gasteiger partial charge is 0.167 e. The molecule has 0 amide bonds. The molecule has 0 atom stereocenters. The van der Waals surface area contributed by atoms with Crippen LogP contribution in [0.1, 0.15) is 51.8 Å². The molecule has 0 radical (unpaired) electrons. The lowest BCUT2D eigenvalue weighted by Crippen LogP contribution is -2.35. The number of rotatable bonds is 4. The molecule has 0 aliphatic heterocycles. The number of nitrogens with zero attached hydrogens (tertiary/aromatic N) is 1. The molecule has 0 aliphatic carbocycles. The van der Waals surface area contributed by atoms with Crippen molar-refractivity contribution in [3.63, 3.8) is 0 Å². The lowest BCUT2D eigenvalue weighted by molar-refractivity contribution is 0.392. The van der Waals surface area contributed by atoms with Crippen molar-refractivity contribution in [1.29, 1.82) is 0 Å². The maximum Gasteiger partial charge on any atom is 0.167 e. The maximum atomic E-state index is 5.43. The van der Waals surface area contributed by atoms with Crippen molar-refractivity contribution in [3.05, 3.63) is 41.6 Å². The first-order chi connectivity index (χ1) is 9.35. The van der Waals surface area contributed by atoms with Crippen LogP contribution in [0.25, 0.3) is 11.3 Å². The van der Waals surface area contributed by atoms with Crippen molar-refractivity contribution >= 4 is 0 Å². The highest BCUT2D eigenvalue weighted by molar-refractivity contribution is 5.57. The van der Waals surface area contributed by atoms with Crippen LogP contribution in [0, 0.1) is 0 Å². The maximum absolute atomic E-state index is 5.43. The number of hydrogen-bond acceptors (Lipinski definition) is 3. The van der Waals surface area contributed by atoms with Crippen LogP contribution in [0.5, 0.6) is 0 Å². The molecule has 2 rings (SSSR count). The van der Waals surface area contributed by atoms with Crippen LogP contribution >= 0.6 is 0 Å². The second-order valence-corrected chi connectivity index (χ2v) is 6.56. The lowest BCUT2D eigenvalue weighted by atomic mass is 10.0. The van der Waals surface area contributed by atoms with E-state index in [4.69, 9.17) is 4.52 Å². The lowest BCUT2D eigenvalue weighted by Gasteiger charge is -2.19. The van der Waals surface area contributed by atoms with Crippen LogP contribution in [-0.4, -0.2) is 10.7 Å². The van der Waals surface area contributed by atoms with Crippen molar-refractivity contribution in [3.8, 4) is 11.3 Å². The van der Waals surface area contributed by atoms with Gasteiger partial charge in [-0.05, 0) is 32.3 Å². The van der Waals surface area contributed by atoms with Gasteiger partial charge in [0, 0.05) is 23.7 Å². The van der Waals surface area contributed by atoms with Crippen LogP contribution < -0.4 is 5.32 Å². The first kappa shape index (κ1) is 14.8. The predicted molar refractivity (Wildman–Crippen MR) is 82.6 cm³/mol. The third-order valence-electron chi connectivity index (χ3n) is 3.22. The van der Waals surface area contributed by atoms with Gasteiger partial charge in [0.2, 0.25) is 0 Å². The van der Waals surface area contributed by atoms with Crippen LogP contribution in [-0.2, 0) is 6.54 Å². The molecule has 1 heterocycles. The minimum atomic E-state index is 0.0814. The molecule has 0 saturated heterocycles. The third-order valence-corrected chi connectivity index (χ3v) is 3.22. The van der Waals surface area contributed by atoms with Gasteiger partial charge in [0.05, 0.1) is 5.69 Å². The Balaban J connectivity index is 2.08. The van der Waals surface area contributed by atoms with E-state index >= 15 is 0 Å². The zero-order valence-corrected chi connectivity index (χ0v) is 13.0. The Bertz CT molecular complexity index is 547. The molecule has 0 spiro atoms. The fourth-order valence-electron chi connectivity index (χ4n) is 1.92. The topological polar surface area (TPSA) is 38.1 Å². The molecule has 0 aliphatic rings. The van der Waals surface area contributed by atoms with Gasteiger partial charge in [-0.1, -0.05) is 43.3 Å². The molecule has 0 bridgehead atoms. The van der Waals surface area contributed by atoms with E-state index in [2.05, 4.69) is 69.4 Å². The molecule has 0 saturated carbocycles. The highest BCUT2D eigenvalue weighted by Gasteiger charge is 2.12. The Hall–Kier alpha value is -1.61. The Labute approximate surface area is 121 Å². The van der Waals surface area contributed by atoms with Crippen molar-refractivity contribution in [2.24, 2.45) is 0 Å². The molecule has 1 aromatic heterocycles. The summed E-state index contributed by atoms with van der Waals surface area (Å²) in [6.07, 6.45) is 0. The van der Waals surface area contributed by atoms with Gasteiger partial charge >= 0.3 is 0 Å². The summed E-state index contributed by atoms with van der Waals surface area (Å²) in [4.78, 5) is 0. The van der Waals surface area contributed by atoms with E-state index in [1.807, 2.05) is 6.07 Å². The summed E-state index contributed by atoms with van der Waals surface area (Å²) in [5.41, 5.74) is 3.42. The molecule has 0 unspecified atom stereocenters. The molecule has 3 nitrogen and oxygen atoms in total. The first-order valence-corrected chi connectivity index (χ1v) is 7.16. The summed E-state index contributed by atoms with van der Waals surface area (Å²) in [6, 6.07) is 10.5. The molecule has 108 valence electrons. The molecule has 1 aromatic carbocycles. The van der Waals surface area contributed by atoms with E-state index in [-0.39, 0.29) is 5.54 Å². The van der Waals surface area contributed by atoms with Crippen molar-refractivity contribution < 1.29 is 4.52 Å². The van der Waals surface area contributed by atoms with E-state index in [1.54, 1.807) is 0 Å². The SMILES string of the molecule is CC(C)c1ccc(-c2cc(CNC(C)(C)C)no2)cc1. The van der Waals surface area contributed by atoms with Gasteiger partial charge in [0.15, 0.2) is 5.76 Å². The van der Waals surface area contributed by atoms with Crippen LogP contribution in [0.15, 0.2) is 34.9 Å². The zero-order valence-electron chi connectivity index (χ0n) is 13.0. The highest BCUT2D eigenvalue weighted by atomic mass is 16.5. The van der Waals surface area contributed by atoms with Gasteiger partial charge in [-0.15, -0.1) is 0 Å². The van der Waals surface area contributed by atoms with Crippen LogP contribution in [0.2, 0.25) is 0 Å². The average molecular weight is 272 g/mol. The van der Waals surface area contributed by atoms with Gasteiger partial charge in [-0.2, -0.15) is 0 Å². The summed E-state index contributed by atoms with van der Waals surface area (Å²) < 4.78 is 5.43. The van der Waals surface area contributed by atoms with E-state index < -0.39 is 0 Å². The number of nitrogens with one attached hydrogen (secondary N) is 1. The molecule has 0 fully saturated rings. The van der Waals surface area contributed by atoms with Crippen molar-refractivity contribution in [2.45, 2.75) is 52.6 Å². The molecular weight excluding hydrogens is 248 g/mol. The fourth-order valence-corrected chi connectivity index (χ4v) is 1.92. The van der Waals surface area contributed by atoms with Gasteiger partial charge in [-0.3, -0.25) is 0 Å². The third kappa shape index (κ3) is 3.94. The van der Waals surface area contributed by atoms with Gasteiger partial charge in [-0.25, -0.2) is 0 Å². The number of benzene rings is 1. The summed E-state index contributed by atoms with van der Waals surface area (Å²) in [5.74, 6) is 1.37. The second-order valence-electron chi connectivity index (χ2n) is 6.56. The predicted octanol–water partition coefficient (Wildman–Crippen LogP) is 4.35. The standard InChI is InChI=1S/C17H24N2O/c1-12(2)13-6-8-14(9-7-13)16-10-15(19-20-16)11-18-17(3,4)5/h6-10,12,18H,11H2,1-5H3. The zero-order chi connectivity index (χ0) is 14.8. The monoisotopic (exact) mass is 272 g/mol. The second kappa shape index (κ2) is 5.80. The Morgan fingerprint density at radius 3 is 2.35 bits per heavy atom. The van der Waals surface area contributed by atoms with E-state index in [0.29, 0.717) is 5.92 Å². The largest absolute Gasteiger partial charge is 0.356 e. The average Bonchev–Trinajstić information content (AvgIpc) is 2.84. The quantitative estimate of drug-likeness (QED) is 0.899. The molecule has 20 heavy (non-hydrogen) atoms. The van der Waals surface area contributed by atoms with Crippen LogP contribution in [0.3, 0.4) is 0 Å². The summed E-state index contributed by atoms with van der Waals surface area (Å²) >= 11 is 0. The van der Waals surface area contributed by atoms with Gasteiger partial charge in [0.1, 0.15) is 0 Å². The summed E-state index contributed by atoms with van der Waals surface area (Å²) in [6.45, 7) is 11.5. The fraction of sp³-hybridized carbons (Fsp3) is 0.471. The molecule has 2 aromatic rings. The molecule has 3 heteroatoms. The van der Waals surface area contributed by atoms with Gasteiger partial charge in [0.25, 0.3) is 0 Å². The Morgan fingerprint density at radius 1 is 1.15 bits per heavy atom. The number of hydrogen-bond donors (Lipinski definition) is 1. The van der Waals surface area contributed by atoms with Crippen molar-refractivity contribution in [2.75, 3.05) is 0 Å². The molecule has 1 N–H and O–H groups in total. The minimum absolute atomic E-state index is 0.0814. The minimum Gasteiger partial charge on any atom is -0.356 e.